The molecule has 0 saturated heterocycles. The zero-order valence-corrected chi connectivity index (χ0v) is 12.4. The van der Waals surface area contributed by atoms with Crippen LogP contribution in [0.2, 0.25) is 0 Å². The molecule has 1 nitrogen and oxygen atoms in total. The van der Waals surface area contributed by atoms with Crippen LogP contribution in [-0.4, -0.2) is 6.54 Å². The van der Waals surface area contributed by atoms with Gasteiger partial charge in [-0.1, -0.05) is 45.4 Å². The summed E-state index contributed by atoms with van der Waals surface area (Å²) in [7, 11) is 0. The Labute approximate surface area is 114 Å². The standard InChI is InChI=1S/C16H23NS/c1-4-10-17-15(12(3)5-2)14-8-6-7-13-9-11-18-16(13)14/h6-9,11-12,15,17H,4-5,10H2,1-3H3. The fraction of sp³-hybridized carbons (Fsp3) is 0.500. The number of fused-ring (bicyclic) bond motifs is 1. The van der Waals surface area contributed by atoms with E-state index in [1.165, 1.54) is 28.5 Å². The molecule has 1 heterocycles. The Kier molecular flexibility index (Phi) is 4.79. The lowest BCUT2D eigenvalue weighted by Gasteiger charge is -2.25. The summed E-state index contributed by atoms with van der Waals surface area (Å²) in [5.74, 6) is 0.671. The Morgan fingerprint density at radius 1 is 1.22 bits per heavy atom. The van der Waals surface area contributed by atoms with Crippen molar-refractivity contribution in [1.82, 2.24) is 5.32 Å². The largest absolute Gasteiger partial charge is 0.310 e. The lowest BCUT2D eigenvalue weighted by Crippen LogP contribution is -2.27. The van der Waals surface area contributed by atoms with Gasteiger partial charge < -0.3 is 5.32 Å². The van der Waals surface area contributed by atoms with E-state index in [9.17, 15) is 0 Å². The summed E-state index contributed by atoms with van der Waals surface area (Å²) < 4.78 is 1.45. The van der Waals surface area contributed by atoms with E-state index in [1.54, 1.807) is 0 Å². The van der Waals surface area contributed by atoms with Crippen molar-refractivity contribution >= 4 is 21.4 Å². The lowest BCUT2D eigenvalue weighted by atomic mass is 9.92. The average Bonchev–Trinajstić information content (AvgIpc) is 2.87. The van der Waals surface area contributed by atoms with Gasteiger partial charge in [0.15, 0.2) is 0 Å². The second-order valence-corrected chi connectivity index (χ2v) is 5.92. The normalized spacial score (nSPS) is 14.8. The second-order valence-electron chi connectivity index (χ2n) is 5.00. The van der Waals surface area contributed by atoms with Gasteiger partial charge in [-0.2, -0.15) is 0 Å². The first-order valence-electron chi connectivity index (χ1n) is 6.97. The van der Waals surface area contributed by atoms with Gasteiger partial charge in [0.2, 0.25) is 0 Å². The van der Waals surface area contributed by atoms with Gasteiger partial charge in [-0.25, -0.2) is 0 Å². The van der Waals surface area contributed by atoms with E-state index < -0.39 is 0 Å². The van der Waals surface area contributed by atoms with E-state index in [1.807, 2.05) is 11.3 Å². The summed E-state index contributed by atoms with van der Waals surface area (Å²) in [6.45, 7) is 7.95. The van der Waals surface area contributed by atoms with Crippen LogP contribution in [0.4, 0.5) is 0 Å². The molecule has 2 atom stereocenters. The number of nitrogens with one attached hydrogen (secondary N) is 1. The zero-order chi connectivity index (χ0) is 13.0. The van der Waals surface area contributed by atoms with Gasteiger partial charge in [0.25, 0.3) is 0 Å². The maximum absolute atomic E-state index is 3.72. The van der Waals surface area contributed by atoms with Crippen LogP contribution >= 0.6 is 11.3 Å². The van der Waals surface area contributed by atoms with Gasteiger partial charge in [-0.15, -0.1) is 11.3 Å². The minimum absolute atomic E-state index is 0.484. The monoisotopic (exact) mass is 261 g/mol. The fourth-order valence-electron chi connectivity index (χ4n) is 2.41. The Hall–Kier alpha value is -0.860. The molecule has 18 heavy (non-hydrogen) atoms. The maximum Gasteiger partial charge on any atom is 0.0390 e. The van der Waals surface area contributed by atoms with Crippen molar-refractivity contribution in [3.05, 3.63) is 35.2 Å². The molecule has 1 N–H and O–H groups in total. The zero-order valence-electron chi connectivity index (χ0n) is 11.6. The van der Waals surface area contributed by atoms with Crippen LogP contribution < -0.4 is 5.32 Å². The van der Waals surface area contributed by atoms with Gasteiger partial charge in [0.1, 0.15) is 0 Å². The summed E-state index contributed by atoms with van der Waals surface area (Å²) in [6.07, 6.45) is 2.40. The molecular formula is C16H23NS. The molecule has 0 aliphatic carbocycles. The van der Waals surface area contributed by atoms with Gasteiger partial charge in [0.05, 0.1) is 0 Å². The van der Waals surface area contributed by atoms with Crippen LogP contribution in [0.3, 0.4) is 0 Å². The van der Waals surface area contributed by atoms with E-state index in [0.29, 0.717) is 12.0 Å². The number of hydrogen-bond acceptors (Lipinski definition) is 2. The minimum atomic E-state index is 0.484. The molecule has 1 aromatic carbocycles. The first kappa shape index (κ1) is 13.6. The average molecular weight is 261 g/mol. The summed E-state index contributed by atoms with van der Waals surface area (Å²) in [5, 5.41) is 7.30. The van der Waals surface area contributed by atoms with Gasteiger partial charge >= 0.3 is 0 Å². The molecular weight excluding hydrogens is 238 g/mol. The quantitative estimate of drug-likeness (QED) is 0.772. The van der Waals surface area contributed by atoms with Crippen molar-refractivity contribution < 1.29 is 0 Å². The molecule has 0 amide bonds. The lowest BCUT2D eigenvalue weighted by molar-refractivity contribution is 0.379. The molecule has 0 radical (unpaired) electrons. The predicted molar refractivity (Wildman–Crippen MR) is 82.3 cm³/mol. The third-order valence-corrected chi connectivity index (χ3v) is 4.65. The first-order chi connectivity index (χ1) is 8.77. The van der Waals surface area contributed by atoms with Gasteiger partial charge in [0, 0.05) is 10.7 Å². The Morgan fingerprint density at radius 3 is 2.78 bits per heavy atom. The minimum Gasteiger partial charge on any atom is -0.310 e. The molecule has 98 valence electrons. The Balaban J connectivity index is 2.37. The Morgan fingerprint density at radius 2 is 2.06 bits per heavy atom. The van der Waals surface area contributed by atoms with Crippen molar-refractivity contribution in [3.63, 3.8) is 0 Å². The van der Waals surface area contributed by atoms with Crippen LogP contribution in [0.1, 0.15) is 45.2 Å². The summed E-state index contributed by atoms with van der Waals surface area (Å²) >= 11 is 1.86. The van der Waals surface area contributed by atoms with Crippen LogP contribution in [0.15, 0.2) is 29.6 Å². The first-order valence-corrected chi connectivity index (χ1v) is 7.85. The number of rotatable bonds is 6. The highest BCUT2D eigenvalue weighted by Gasteiger charge is 2.19. The van der Waals surface area contributed by atoms with Crippen LogP contribution in [-0.2, 0) is 0 Å². The van der Waals surface area contributed by atoms with E-state index in [0.717, 1.165) is 6.54 Å². The van der Waals surface area contributed by atoms with Crippen LogP contribution in [0.5, 0.6) is 0 Å². The topological polar surface area (TPSA) is 12.0 Å². The molecule has 2 unspecified atom stereocenters. The molecule has 0 spiro atoms. The van der Waals surface area contributed by atoms with Crippen molar-refractivity contribution in [1.29, 1.82) is 0 Å². The smallest absolute Gasteiger partial charge is 0.0390 e. The molecule has 2 heteroatoms. The molecule has 0 fully saturated rings. The van der Waals surface area contributed by atoms with Crippen molar-refractivity contribution in [2.45, 2.75) is 39.7 Å². The van der Waals surface area contributed by atoms with E-state index in [-0.39, 0.29) is 0 Å². The predicted octanol–water partition coefficient (Wildman–Crippen LogP) is 4.99. The van der Waals surface area contributed by atoms with Crippen molar-refractivity contribution in [3.8, 4) is 0 Å². The second kappa shape index (κ2) is 6.35. The summed E-state index contributed by atoms with van der Waals surface area (Å²) in [4.78, 5) is 0. The molecule has 0 aliphatic rings. The molecule has 2 aromatic rings. The van der Waals surface area contributed by atoms with Crippen LogP contribution in [0, 0.1) is 5.92 Å². The number of benzene rings is 1. The highest BCUT2D eigenvalue weighted by molar-refractivity contribution is 7.17. The third kappa shape index (κ3) is 2.76. The molecule has 0 bridgehead atoms. The highest BCUT2D eigenvalue weighted by atomic mass is 32.1. The third-order valence-electron chi connectivity index (χ3n) is 3.67. The number of thiophene rings is 1. The fourth-order valence-corrected chi connectivity index (χ4v) is 3.37. The molecule has 2 rings (SSSR count). The SMILES string of the molecule is CCCNC(c1cccc2ccsc12)C(C)CC. The summed E-state index contributed by atoms with van der Waals surface area (Å²) in [5.41, 5.74) is 1.48. The van der Waals surface area contributed by atoms with E-state index >= 15 is 0 Å². The van der Waals surface area contributed by atoms with E-state index in [4.69, 9.17) is 0 Å². The van der Waals surface area contributed by atoms with Crippen molar-refractivity contribution in [2.24, 2.45) is 5.92 Å². The highest BCUT2D eigenvalue weighted by Crippen LogP contribution is 2.33. The van der Waals surface area contributed by atoms with Gasteiger partial charge in [-0.05, 0) is 41.3 Å². The maximum atomic E-state index is 3.72. The number of hydrogen-bond donors (Lipinski definition) is 1. The summed E-state index contributed by atoms with van der Waals surface area (Å²) in [6, 6.07) is 9.39. The molecule has 0 saturated carbocycles. The molecule has 1 aromatic heterocycles. The van der Waals surface area contributed by atoms with Gasteiger partial charge in [-0.3, -0.25) is 0 Å². The van der Waals surface area contributed by atoms with Crippen molar-refractivity contribution in [2.75, 3.05) is 6.54 Å². The van der Waals surface area contributed by atoms with Crippen LogP contribution in [0.25, 0.3) is 10.1 Å². The molecule has 0 aliphatic heterocycles. The Bertz CT molecular complexity index is 489. The van der Waals surface area contributed by atoms with E-state index in [2.05, 4.69) is 55.7 Å².